The molecule has 0 aliphatic carbocycles. The maximum Gasteiger partial charge on any atom is 0.285 e. The highest BCUT2D eigenvalue weighted by Gasteiger charge is 2.37. The number of rotatable bonds is 7. The Morgan fingerprint density at radius 1 is 1.06 bits per heavy atom. The maximum absolute atomic E-state index is 12.9. The second-order valence-electron chi connectivity index (χ2n) is 5.22. The molecule has 0 bridgehead atoms. The lowest BCUT2D eigenvalue weighted by atomic mass is 10.9. The predicted molar refractivity (Wildman–Crippen MR) is 76.7 cm³/mol. The van der Waals surface area contributed by atoms with Gasteiger partial charge in [0.2, 0.25) is 8.32 Å². The zero-order valence-corrected chi connectivity index (χ0v) is 14.4. The Morgan fingerprint density at radius 2 is 1.47 bits per heavy atom. The molecule has 7 heteroatoms. The van der Waals surface area contributed by atoms with Crippen molar-refractivity contribution in [2.24, 2.45) is 0 Å². The maximum atomic E-state index is 12.9. The van der Waals surface area contributed by atoms with Gasteiger partial charge in [-0.25, -0.2) is 14.0 Å². The quantitative estimate of drug-likeness (QED) is 0.526. The minimum atomic E-state index is -2.62. The highest BCUT2D eigenvalue weighted by Crippen LogP contribution is 2.52. The van der Waals surface area contributed by atoms with E-state index in [0.29, 0.717) is 0 Å². The fourth-order valence-electron chi connectivity index (χ4n) is 2.05. The van der Waals surface area contributed by atoms with Gasteiger partial charge < -0.3 is 4.43 Å². The summed E-state index contributed by atoms with van der Waals surface area (Å²) in [6, 6.07) is 0. The van der Waals surface area contributed by atoms with Crippen LogP contribution < -0.4 is 0 Å². The first kappa shape index (κ1) is 17.3. The summed E-state index contributed by atoms with van der Waals surface area (Å²) < 4.78 is 24.3. The molecule has 0 aliphatic rings. The van der Waals surface area contributed by atoms with Gasteiger partial charge in [0.15, 0.2) is 0 Å². The van der Waals surface area contributed by atoms with Crippen molar-refractivity contribution in [3.8, 4) is 0 Å². The number of hydrogen-bond donors (Lipinski definition) is 0. The third-order valence-electron chi connectivity index (χ3n) is 2.63. The molecule has 0 aromatic heterocycles. The average molecular weight is 281 g/mol. The zero-order chi connectivity index (χ0) is 13.9. The van der Waals surface area contributed by atoms with E-state index in [1.807, 2.05) is 46.8 Å². The number of hydrogen-bond acceptors (Lipinski definition) is 2. The summed E-state index contributed by atoms with van der Waals surface area (Å²) in [5.74, 6) is 0. The van der Waals surface area contributed by atoms with Crippen molar-refractivity contribution in [3.63, 3.8) is 0 Å². The predicted octanol–water partition coefficient (Wildman–Crippen LogP) is 1.93. The summed E-state index contributed by atoms with van der Waals surface area (Å²) in [6.45, 7) is 7.04. The molecule has 104 valence electrons. The summed E-state index contributed by atoms with van der Waals surface area (Å²) in [4.78, 5) is 0. The van der Waals surface area contributed by atoms with E-state index >= 15 is 0 Å². The lowest BCUT2D eigenvalue weighted by Gasteiger charge is -2.39. The van der Waals surface area contributed by atoms with Crippen molar-refractivity contribution in [1.82, 2.24) is 14.0 Å². The lowest BCUT2D eigenvalue weighted by Crippen LogP contribution is -2.45. The molecule has 0 fully saturated rings. The van der Waals surface area contributed by atoms with Crippen molar-refractivity contribution < 1.29 is 8.99 Å². The van der Waals surface area contributed by atoms with Crippen LogP contribution in [0.25, 0.3) is 0 Å². The second-order valence-corrected chi connectivity index (χ2v) is 12.6. The van der Waals surface area contributed by atoms with Gasteiger partial charge in [-0.2, -0.15) is 0 Å². The largest absolute Gasteiger partial charge is 0.416 e. The molecule has 5 nitrogen and oxygen atoms in total. The fourth-order valence-corrected chi connectivity index (χ4v) is 7.72. The smallest absolute Gasteiger partial charge is 0.285 e. The van der Waals surface area contributed by atoms with Crippen LogP contribution in [0, 0.1) is 0 Å². The van der Waals surface area contributed by atoms with Crippen LogP contribution in [0.1, 0.15) is 6.92 Å². The van der Waals surface area contributed by atoms with E-state index in [1.54, 1.807) is 9.34 Å². The molecule has 0 saturated carbocycles. The molecular formula is C10H28N3O2PSi. The molecule has 0 atom stereocenters. The third kappa shape index (κ3) is 4.46. The van der Waals surface area contributed by atoms with Gasteiger partial charge in [0.25, 0.3) is 7.59 Å². The summed E-state index contributed by atoms with van der Waals surface area (Å²) in [6.07, 6.45) is 0.758. The van der Waals surface area contributed by atoms with Crippen LogP contribution in [-0.2, 0) is 8.99 Å². The molecule has 0 rings (SSSR count). The first-order valence-corrected chi connectivity index (χ1v) is 10.6. The molecule has 0 aromatic rings. The highest BCUT2D eigenvalue weighted by atomic mass is 31.2. The Kier molecular flexibility index (Phi) is 6.56. The topological polar surface area (TPSA) is 36.0 Å². The van der Waals surface area contributed by atoms with E-state index in [1.165, 1.54) is 0 Å². The Morgan fingerprint density at radius 3 is 1.76 bits per heavy atom. The second kappa shape index (κ2) is 6.45. The Bertz CT molecular complexity index is 273. The standard InChI is InChI=1S/C10H28N3O2PSi/c1-9-15-17(7,8)10-13(6)16(14,11(2)3)12(4)5/h9-10H2,1-8H3. The van der Waals surface area contributed by atoms with E-state index < -0.39 is 15.9 Å². The molecule has 0 amide bonds. The molecule has 0 unspecified atom stereocenters. The van der Waals surface area contributed by atoms with Gasteiger partial charge in [0.1, 0.15) is 0 Å². The molecule has 0 spiro atoms. The molecule has 0 heterocycles. The van der Waals surface area contributed by atoms with E-state index in [4.69, 9.17) is 4.43 Å². The van der Waals surface area contributed by atoms with Crippen molar-refractivity contribution >= 4 is 15.9 Å². The van der Waals surface area contributed by atoms with Gasteiger partial charge in [-0.1, -0.05) is 0 Å². The van der Waals surface area contributed by atoms with Crippen LogP contribution in [0.15, 0.2) is 0 Å². The summed E-state index contributed by atoms with van der Waals surface area (Å²) in [5.41, 5.74) is 0. The minimum absolute atomic E-state index is 0.724. The molecule has 0 N–H and O–H groups in total. The van der Waals surface area contributed by atoms with Crippen LogP contribution in [0.3, 0.4) is 0 Å². The van der Waals surface area contributed by atoms with Crippen LogP contribution in [0.2, 0.25) is 13.1 Å². The summed E-state index contributed by atoms with van der Waals surface area (Å²) in [5, 5.41) is 0. The Balaban J connectivity index is 4.89. The minimum Gasteiger partial charge on any atom is -0.416 e. The highest BCUT2D eigenvalue weighted by molar-refractivity contribution is 7.56. The third-order valence-corrected chi connectivity index (χ3v) is 8.32. The molecule has 0 radical (unpaired) electrons. The van der Waals surface area contributed by atoms with E-state index in [-0.39, 0.29) is 0 Å². The molecule has 0 saturated heterocycles. The van der Waals surface area contributed by atoms with Crippen LogP contribution in [0.5, 0.6) is 0 Å². The molecule has 0 aliphatic heterocycles. The van der Waals surface area contributed by atoms with Gasteiger partial charge >= 0.3 is 0 Å². The van der Waals surface area contributed by atoms with E-state index in [9.17, 15) is 4.57 Å². The lowest BCUT2D eigenvalue weighted by molar-refractivity contribution is 0.309. The average Bonchev–Trinajstić information content (AvgIpc) is 2.14. The van der Waals surface area contributed by atoms with Crippen molar-refractivity contribution in [1.29, 1.82) is 0 Å². The van der Waals surface area contributed by atoms with Crippen molar-refractivity contribution in [2.45, 2.75) is 20.0 Å². The first-order chi connectivity index (χ1) is 7.58. The van der Waals surface area contributed by atoms with Crippen molar-refractivity contribution in [2.75, 3.05) is 48.0 Å². The zero-order valence-electron chi connectivity index (χ0n) is 12.5. The molecule has 17 heavy (non-hydrogen) atoms. The van der Waals surface area contributed by atoms with Crippen molar-refractivity contribution in [3.05, 3.63) is 0 Å². The Labute approximate surface area is 107 Å². The van der Waals surface area contributed by atoms with Crippen LogP contribution in [-0.4, -0.2) is 70.3 Å². The van der Waals surface area contributed by atoms with Gasteiger partial charge in [-0.05, 0) is 55.3 Å². The fraction of sp³-hybridized carbons (Fsp3) is 1.00. The first-order valence-electron chi connectivity index (χ1n) is 5.89. The summed E-state index contributed by atoms with van der Waals surface area (Å²) >= 11 is 0. The van der Waals surface area contributed by atoms with Gasteiger partial charge in [0, 0.05) is 12.8 Å². The van der Waals surface area contributed by atoms with Gasteiger partial charge in [-0.15, -0.1) is 0 Å². The van der Waals surface area contributed by atoms with Crippen LogP contribution in [0.4, 0.5) is 0 Å². The van der Waals surface area contributed by atoms with Gasteiger partial charge in [-0.3, -0.25) is 4.57 Å². The van der Waals surface area contributed by atoms with E-state index in [2.05, 4.69) is 13.1 Å². The summed E-state index contributed by atoms with van der Waals surface area (Å²) in [7, 11) is 4.94. The Hall–Kier alpha value is 0.287. The molecular weight excluding hydrogens is 253 g/mol. The van der Waals surface area contributed by atoms with E-state index in [0.717, 1.165) is 12.8 Å². The normalized spacial score (nSPS) is 14.1. The monoisotopic (exact) mass is 281 g/mol. The van der Waals surface area contributed by atoms with Crippen LogP contribution >= 0.6 is 7.59 Å². The van der Waals surface area contributed by atoms with Gasteiger partial charge in [0.05, 0.1) is 0 Å². The molecule has 0 aromatic carbocycles. The SMILES string of the molecule is CCO[Si](C)(C)CN(C)P(=O)(N(C)C)N(C)C. The number of nitrogens with zero attached hydrogens (tertiary/aromatic N) is 3.